The number of hydrogen-bond donors (Lipinski definition) is 0. The average Bonchev–Trinajstić information content (AvgIpc) is 2.47. The molecule has 0 spiro atoms. The summed E-state index contributed by atoms with van der Waals surface area (Å²) in [5.74, 6) is 0. The highest BCUT2D eigenvalue weighted by Crippen LogP contribution is 2.25. The van der Waals surface area contributed by atoms with Gasteiger partial charge in [0.15, 0.2) is 0 Å². The maximum atomic E-state index is 6.07. The number of pyridine rings is 1. The summed E-state index contributed by atoms with van der Waals surface area (Å²) in [4.78, 5) is 8.92. The molecule has 2 aromatic rings. The van der Waals surface area contributed by atoms with Crippen molar-refractivity contribution < 1.29 is 0 Å². The number of halogens is 2. The summed E-state index contributed by atoms with van der Waals surface area (Å²) in [7, 11) is 0. The zero-order chi connectivity index (χ0) is 14.8. The summed E-state index contributed by atoms with van der Waals surface area (Å²) < 4.78 is 0. The van der Waals surface area contributed by atoms with E-state index in [-0.39, 0.29) is 0 Å². The van der Waals surface area contributed by atoms with E-state index in [0.717, 1.165) is 31.2 Å². The molecule has 5 heteroatoms. The Balaban J connectivity index is 1.70. The summed E-state index contributed by atoms with van der Waals surface area (Å²) in [6.07, 6.45) is 1.87. The average molecular weight is 322 g/mol. The predicted molar refractivity (Wildman–Crippen MR) is 89.9 cm³/mol. The zero-order valence-electron chi connectivity index (χ0n) is 11.9. The molecule has 1 fully saturated rings. The van der Waals surface area contributed by atoms with E-state index in [4.69, 9.17) is 23.2 Å². The first-order valence-corrected chi connectivity index (χ1v) is 7.77. The summed E-state index contributed by atoms with van der Waals surface area (Å²) in [6, 6.07) is 9.95. The Bertz CT molecular complexity index is 637. The van der Waals surface area contributed by atoms with Crippen LogP contribution in [0, 0.1) is 6.92 Å². The monoisotopic (exact) mass is 321 g/mol. The van der Waals surface area contributed by atoms with Crippen LogP contribution in [0.25, 0.3) is 0 Å². The molecule has 0 amide bonds. The SMILES string of the molecule is Cc1cc(Cl)ncc1N1CCN(c2cccc(Cl)c2)CC1. The van der Waals surface area contributed by atoms with E-state index in [2.05, 4.69) is 27.8 Å². The van der Waals surface area contributed by atoms with E-state index in [1.54, 1.807) is 0 Å². The molecule has 110 valence electrons. The molecule has 0 unspecified atom stereocenters. The lowest BCUT2D eigenvalue weighted by Crippen LogP contribution is -2.46. The van der Waals surface area contributed by atoms with E-state index in [9.17, 15) is 0 Å². The van der Waals surface area contributed by atoms with Crippen LogP contribution in [0.4, 0.5) is 11.4 Å². The molecule has 0 saturated carbocycles. The zero-order valence-corrected chi connectivity index (χ0v) is 13.4. The molecule has 0 N–H and O–H groups in total. The molecule has 1 aliphatic rings. The van der Waals surface area contributed by atoms with Gasteiger partial charge in [0.1, 0.15) is 5.15 Å². The van der Waals surface area contributed by atoms with Crippen molar-refractivity contribution in [2.75, 3.05) is 36.0 Å². The van der Waals surface area contributed by atoms with Gasteiger partial charge in [-0.25, -0.2) is 4.98 Å². The number of benzene rings is 1. The Labute approximate surface area is 135 Å². The molecule has 1 aliphatic heterocycles. The highest BCUT2D eigenvalue weighted by atomic mass is 35.5. The first-order valence-electron chi connectivity index (χ1n) is 7.01. The van der Waals surface area contributed by atoms with Crippen molar-refractivity contribution in [1.82, 2.24) is 4.98 Å². The van der Waals surface area contributed by atoms with Gasteiger partial charge in [-0.2, -0.15) is 0 Å². The molecule has 1 saturated heterocycles. The maximum absolute atomic E-state index is 6.07. The Hall–Kier alpha value is -1.45. The summed E-state index contributed by atoms with van der Waals surface area (Å²) in [6.45, 7) is 5.96. The van der Waals surface area contributed by atoms with Crippen molar-refractivity contribution >= 4 is 34.6 Å². The molecule has 3 nitrogen and oxygen atoms in total. The van der Waals surface area contributed by atoms with E-state index in [0.29, 0.717) is 5.15 Å². The van der Waals surface area contributed by atoms with Crippen LogP contribution in [0.1, 0.15) is 5.56 Å². The highest BCUT2D eigenvalue weighted by Gasteiger charge is 2.19. The molecule has 0 aliphatic carbocycles. The van der Waals surface area contributed by atoms with Crippen molar-refractivity contribution in [3.8, 4) is 0 Å². The normalized spacial score (nSPS) is 15.4. The Kier molecular flexibility index (Phi) is 4.22. The van der Waals surface area contributed by atoms with Gasteiger partial charge >= 0.3 is 0 Å². The second kappa shape index (κ2) is 6.12. The topological polar surface area (TPSA) is 19.4 Å². The van der Waals surface area contributed by atoms with E-state index in [1.165, 1.54) is 16.9 Å². The summed E-state index contributed by atoms with van der Waals surface area (Å²) in [5.41, 5.74) is 3.53. The fraction of sp³-hybridized carbons (Fsp3) is 0.312. The number of nitrogens with zero attached hydrogens (tertiary/aromatic N) is 3. The molecule has 2 heterocycles. The van der Waals surface area contributed by atoms with Crippen LogP contribution in [0.2, 0.25) is 10.2 Å². The molecule has 1 aromatic carbocycles. The van der Waals surface area contributed by atoms with Crippen LogP contribution < -0.4 is 9.80 Å². The van der Waals surface area contributed by atoms with Crippen molar-refractivity contribution in [1.29, 1.82) is 0 Å². The van der Waals surface area contributed by atoms with Gasteiger partial charge in [-0.15, -0.1) is 0 Å². The number of aromatic nitrogens is 1. The lowest BCUT2D eigenvalue weighted by molar-refractivity contribution is 0.651. The van der Waals surface area contributed by atoms with Crippen LogP contribution in [-0.4, -0.2) is 31.2 Å². The van der Waals surface area contributed by atoms with Gasteiger partial charge in [0, 0.05) is 36.9 Å². The Morgan fingerprint density at radius 2 is 1.71 bits per heavy atom. The van der Waals surface area contributed by atoms with Gasteiger partial charge < -0.3 is 9.80 Å². The molecule has 0 bridgehead atoms. The highest BCUT2D eigenvalue weighted by molar-refractivity contribution is 6.30. The molecule has 21 heavy (non-hydrogen) atoms. The van der Waals surface area contributed by atoms with Crippen molar-refractivity contribution in [3.63, 3.8) is 0 Å². The van der Waals surface area contributed by atoms with Crippen LogP contribution in [0.15, 0.2) is 36.5 Å². The largest absolute Gasteiger partial charge is 0.368 e. The van der Waals surface area contributed by atoms with Crippen LogP contribution >= 0.6 is 23.2 Å². The number of hydrogen-bond acceptors (Lipinski definition) is 3. The third-order valence-electron chi connectivity index (χ3n) is 3.84. The molecule has 0 atom stereocenters. The first-order chi connectivity index (χ1) is 10.1. The quantitative estimate of drug-likeness (QED) is 0.779. The molecule has 3 rings (SSSR count). The van der Waals surface area contributed by atoms with E-state index in [1.807, 2.05) is 30.5 Å². The smallest absolute Gasteiger partial charge is 0.129 e. The minimum absolute atomic E-state index is 0.550. The molecular formula is C16H17Cl2N3. The Morgan fingerprint density at radius 3 is 2.38 bits per heavy atom. The molecule has 1 aromatic heterocycles. The molecular weight excluding hydrogens is 305 g/mol. The summed E-state index contributed by atoms with van der Waals surface area (Å²) in [5, 5.41) is 1.33. The minimum Gasteiger partial charge on any atom is -0.368 e. The standard InChI is InChI=1S/C16H17Cl2N3/c1-12-9-16(18)19-11-15(12)21-7-5-20(6-8-21)14-4-2-3-13(17)10-14/h2-4,9-11H,5-8H2,1H3. The van der Waals surface area contributed by atoms with Crippen LogP contribution in [0.3, 0.4) is 0 Å². The van der Waals surface area contributed by atoms with Gasteiger partial charge in [-0.1, -0.05) is 29.3 Å². The maximum Gasteiger partial charge on any atom is 0.129 e. The van der Waals surface area contributed by atoms with Crippen molar-refractivity contribution in [2.45, 2.75) is 6.92 Å². The van der Waals surface area contributed by atoms with Gasteiger partial charge in [-0.3, -0.25) is 0 Å². The van der Waals surface area contributed by atoms with E-state index >= 15 is 0 Å². The van der Waals surface area contributed by atoms with Crippen LogP contribution in [0.5, 0.6) is 0 Å². The fourth-order valence-corrected chi connectivity index (χ4v) is 3.12. The number of aryl methyl sites for hydroxylation is 1. The van der Waals surface area contributed by atoms with Crippen molar-refractivity contribution in [3.05, 3.63) is 52.3 Å². The lowest BCUT2D eigenvalue weighted by atomic mass is 10.2. The first kappa shape index (κ1) is 14.5. The van der Waals surface area contributed by atoms with Gasteiger partial charge in [0.2, 0.25) is 0 Å². The number of rotatable bonds is 2. The predicted octanol–water partition coefficient (Wildman–Crippen LogP) is 4.02. The lowest BCUT2D eigenvalue weighted by Gasteiger charge is -2.37. The third-order valence-corrected chi connectivity index (χ3v) is 4.29. The fourth-order valence-electron chi connectivity index (χ4n) is 2.72. The second-order valence-electron chi connectivity index (χ2n) is 5.25. The van der Waals surface area contributed by atoms with Gasteiger partial charge in [0.25, 0.3) is 0 Å². The summed E-state index contributed by atoms with van der Waals surface area (Å²) >= 11 is 12.0. The third kappa shape index (κ3) is 3.25. The number of piperazine rings is 1. The minimum atomic E-state index is 0.550. The van der Waals surface area contributed by atoms with Gasteiger partial charge in [0.05, 0.1) is 11.9 Å². The number of anilines is 2. The van der Waals surface area contributed by atoms with Crippen molar-refractivity contribution in [2.24, 2.45) is 0 Å². The molecule has 0 radical (unpaired) electrons. The Morgan fingerprint density at radius 1 is 1.00 bits per heavy atom. The van der Waals surface area contributed by atoms with Gasteiger partial charge in [-0.05, 0) is 36.8 Å². The van der Waals surface area contributed by atoms with E-state index < -0.39 is 0 Å². The van der Waals surface area contributed by atoms with Crippen LogP contribution in [-0.2, 0) is 0 Å². The second-order valence-corrected chi connectivity index (χ2v) is 6.07.